The van der Waals surface area contributed by atoms with E-state index in [1.54, 1.807) is 0 Å². The lowest BCUT2D eigenvalue weighted by atomic mass is 9.56. The average molecular weight is 377 g/mol. The maximum Gasteiger partial charge on any atom is 0.191 e. The number of rotatable bonds is 1. The van der Waals surface area contributed by atoms with Gasteiger partial charge >= 0.3 is 0 Å². The summed E-state index contributed by atoms with van der Waals surface area (Å²) in [6.07, 6.45) is 3.48. The molecule has 1 fully saturated rings. The van der Waals surface area contributed by atoms with Gasteiger partial charge in [0.2, 0.25) is 0 Å². The number of likely N-dealkylation sites (N-methyl/N-ethyl adjacent to an activating group) is 1. The number of benzene rings is 1. The Morgan fingerprint density at radius 2 is 1.79 bits per heavy atom. The van der Waals surface area contributed by atoms with Crippen molar-refractivity contribution in [2.24, 2.45) is 17.1 Å². The summed E-state index contributed by atoms with van der Waals surface area (Å²) in [6.45, 7) is 0. The smallest absolute Gasteiger partial charge is 0.191 e. The van der Waals surface area contributed by atoms with Crippen molar-refractivity contribution >= 4 is 0 Å². The minimum atomic E-state index is -2.04. The van der Waals surface area contributed by atoms with Gasteiger partial charge in [0.25, 0.3) is 0 Å². The van der Waals surface area contributed by atoms with Crippen LogP contribution in [0, 0.1) is 57.0 Å². The van der Waals surface area contributed by atoms with Gasteiger partial charge in [-0.2, -0.15) is 15.8 Å². The Kier molecular flexibility index (Phi) is 4.00. The minimum absolute atomic E-state index is 0.0890. The van der Waals surface area contributed by atoms with Crippen LogP contribution in [0.1, 0.15) is 24.3 Å². The van der Waals surface area contributed by atoms with Crippen LogP contribution in [0.3, 0.4) is 0 Å². The maximum atomic E-state index is 14.8. The van der Waals surface area contributed by atoms with Gasteiger partial charge in [0.05, 0.1) is 23.4 Å². The van der Waals surface area contributed by atoms with Gasteiger partial charge in [-0.15, -0.1) is 0 Å². The molecule has 0 amide bonds. The van der Waals surface area contributed by atoms with Crippen LogP contribution in [0.5, 0.6) is 0 Å². The lowest BCUT2D eigenvalue weighted by molar-refractivity contribution is 0.157. The first kappa shape index (κ1) is 18.2. The second-order valence-electron chi connectivity index (χ2n) is 7.57. The van der Waals surface area contributed by atoms with E-state index >= 15 is 0 Å². The summed E-state index contributed by atoms with van der Waals surface area (Å²) in [5.41, 5.74) is 4.29. The van der Waals surface area contributed by atoms with E-state index in [1.165, 1.54) is 6.07 Å². The second-order valence-corrected chi connectivity index (χ2v) is 7.57. The van der Waals surface area contributed by atoms with Crippen molar-refractivity contribution in [2.75, 3.05) is 7.05 Å². The zero-order valence-corrected chi connectivity index (χ0v) is 15.2. The van der Waals surface area contributed by atoms with Crippen molar-refractivity contribution in [3.8, 4) is 18.2 Å². The van der Waals surface area contributed by atoms with Gasteiger partial charge in [-0.05, 0) is 37.6 Å². The number of nitrogens with zero attached hydrogens (tertiary/aromatic N) is 4. The Balaban J connectivity index is 2.11. The van der Waals surface area contributed by atoms with Crippen molar-refractivity contribution in [3.05, 3.63) is 58.3 Å². The van der Waals surface area contributed by atoms with E-state index in [0.29, 0.717) is 5.57 Å². The Labute approximate surface area is 161 Å². The maximum absolute atomic E-state index is 14.8. The molecular weight excluding hydrogens is 360 g/mol. The van der Waals surface area contributed by atoms with E-state index in [-0.39, 0.29) is 28.9 Å². The highest BCUT2D eigenvalue weighted by Crippen LogP contribution is 2.58. The van der Waals surface area contributed by atoms with Crippen LogP contribution in [0.2, 0.25) is 0 Å². The highest BCUT2D eigenvalue weighted by molar-refractivity contribution is 5.60. The topological polar surface area (TPSA) is 101 Å². The van der Waals surface area contributed by atoms with E-state index in [2.05, 4.69) is 4.90 Å². The quantitative estimate of drug-likeness (QED) is 0.811. The minimum Gasteiger partial charge on any atom is -0.399 e. The van der Waals surface area contributed by atoms with Crippen molar-refractivity contribution in [2.45, 2.75) is 30.8 Å². The lowest BCUT2D eigenvalue weighted by Gasteiger charge is -2.48. The second kappa shape index (κ2) is 6.16. The molecule has 140 valence electrons. The number of nitrogens with two attached hydrogens (primary N) is 1. The van der Waals surface area contributed by atoms with Crippen LogP contribution < -0.4 is 5.73 Å². The molecule has 1 aromatic carbocycles. The Hall–Kier alpha value is -3.21. The van der Waals surface area contributed by atoms with E-state index in [0.717, 1.165) is 25.0 Å². The fourth-order valence-electron chi connectivity index (χ4n) is 5.21. The Morgan fingerprint density at radius 1 is 1.14 bits per heavy atom. The molecule has 1 aromatic rings. The molecule has 2 heterocycles. The number of nitriles is 3. The predicted molar refractivity (Wildman–Crippen MR) is 95.7 cm³/mol. The summed E-state index contributed by atoms with van der Waals surface area (Å²) in [5.74, 6) is -3.39. The molecule has 4 rings (SSSR count). The third-order valence-electron chi connectivity index (χ3n) is 6.53. The number of hydrogen-bond donors (Lipinski definition) is 1. The molecule has 4 atom stereocenters. The van der Waals surface area contributed by atoms with Crippen molar-refractivity contribution in [3.63, 3.8) is 0 Å². The third kappa shape index (κ3) is 2.10. The summed E-state index contributed by atoms with van der Waals surface area (Å²) in [6, 6.07) is 9.29. The highest BCUT2D eigenvalue weighted by Gasteiger charge is 2.59. The van der Waals surface area contributed by atoms with Crippen LogP contribution in [-0.2, 0) is 0 Å². The fraction of sp³-hybridized carbons (Fsp3) is 0.381. The molecule has 5 nitrogen and oxygen atoms in total. The first-order valence-corrected chi connectivity index (χ1v) is 9.02. The molecule has 1 aliphatic carbocycles. The van der Waals surface area contributed by atoms with Gasteiger partial charge in [-0.25, -0.2) is 8.78 Å². The molecular formula is C21H17F2N5. The molecule has 0 aromatic heterocycles. The van der Waals surface area contributed by atoms with Gasteiger partial charge in [0.1, 0.15) is 17.7 Å². The molecule has 2 bridgehead atoms. The highest BCUT2D eigenvalue weighted by atomic mass is 19.1. The van der Waals surface area contributed by atoms with Crippen LogP contribution in [-0.4, -0.2) is 24.0 Å². The van der Waals surface area contributed by atoms with Crippen LogP contribution in [0.15, 0.2) is 41.1 Å². The average Bonchev–Trinajstić information content (AvgIpc) is 2.91. The van der Waals surface area contributed by atoms with Crippen LogP contribution in [0.25, 0.3) is 0 Å². The standard InChI is InChI=1S/C21H17F2N5/c1-28-11-5-6-16(28)17-12(7-11)13(8-24)20(27)21(9-25,10-26)19(17)18-14(22)3-2-4-15(18)23/h2-4,7,11,16-17,19H,5-6,27H2,1H3/t11-,16-,17-,19+/m1/s1. The zero-order valence-electron chi connectivity index (χ0n) is 15.2. The van der Waals surface area contributed by atoms with Gasteiger partial charge in [0, 0.05) is 29.5 Å². The van der Waals surface area contributed by atoms with Crippen LogP contribution in [0.4, 0.5) is 8.78 Å². The summed E-state index contributed by atoms with van der Waals surface area (Å²) in [5, 5.41) is 29.7. The SMILES string of the molecule is CN1[C@@H]2CC[C@@H]1C=C1C(C#N)=C(N)C(C#N)(C#N)[C@H](c3c(F)cccc3F)[C@H]12. The fourth-order valence-corrected chi connectivity index (χ4v) is 5.21. The van der Waals surface area contributed by atoms with E-state index in [1.807, 2.05) is 31.3 Å². The molecule has 0 spiro atoms. The zero-order chi connectivity index (χ0) is 20.2. The first-order chi connectivity index (χ1) is 13.4. The molecule has 1 saturated heterocycles. The Morgan fingerprint density at radius 3 is 2.36 bits per heavy atom. The molecule has 0 radical (unpaired) electrons. The monoisotopic (exact) mass is 377 g/mol. The number of hydrogen-bond acceptors (Lipinski definition) is 5. The normalized spacial score (nSPS) is 30.6. The molecule has 28 heavy (non-hydrogen) atoms. The number of halogens is 2. The van der Waals surface area contributed by atoms with Crippen molar-refractivity contribution in [1.82, 2.24) is 4.90 Å². The third-order valence-corrected chi connectivity index (χ3v) is 6.53. The number of allylic oxidation sites excluding steroid dienone is 2. The van der Waals surface area contributed by atoms with Crippen LogP contribution >= 0.6 is 0 Å². The summed E-state index contributed by atoms with van der Waals surface area (Å²) in [4.78, 5) is 2.09. The molecule has 2 aliphatic heterocycles. The molecule has 0 unspecified atom stereocenters. The largest absolute Gasteiger partial charge is 0.399 e. The summed E-state index contributed by atoms with van der Waals surface area (Å²) in [7, 11) is 1.92. The lowest BCUT2D eigenvalue weighted by Crippen LogP contribution is -2.51. The van der Waals surface area contributed by atoms with Crippen molar-refractivity contribution < 1.29 is 8.78 Å². The molecule has 0 saturated carbocycles. The molecule has 2 N–H and O–H groups in total. The molecule has 3 aliphatic rings. The van der Waals surface area contributed by atoms with E-state index in [9.17, 15) is 24.6 Å². The van der Waals surface area contributed by atoms with E-state index in [4.69, 9.17) is 5.73 Å². The van der Waals surface area contributed by atoms with Crippen molar-refractivity contribution in [1.29, 1.82) is 15.8 Å². The number of fused-ring (bicyclic) bond motifs is 4. The Bertz CT molecular complexity index is 1020. The molecule has 7 heteroatoms. The van der Waals surface area contributed by atoms with Gasteiger partial charge < -0.3 is 5.73 Å². The van der Waals surface area contributed by atoms with Gasteiger partial charge in [0.15, 0.2) is 5.41 Å². The van der Waals surface area contributed by atoms with E-state index < -0.39 is 28.9 Å². The van der Waals surface area contributed by atoms with Gasteiger partial charge in [-0.1, -0.05) is 12.1 Å². The predicted octanol–water partition coefficient (Wildman–Crippen LogP) is 2.85. The van der Waals surface area contributed by atoms with Gasteiger partial charge in [-0.3, -0.25) is 4.90 Å². The summed E-state index contributed by atoms with van der Waals surface area (Å²) >= 11 is 0. The summed E-state index contributed by atoms with van der Waals surface area (Å²) < 4.78 is 29.7. The first-order valence-electron chi connectivity index (χ1n) is 9.02.